The maximum absolute atomic E-state index is 10.6. The summed E-state index contributed by atoms with van der Waals surface area (Å²) in [4.78, 5) is 10.6. The second-order valence-corrected chi connectivity index (χ2v) is 2.92. The van der Waals surface area contributed by atoms with Crippen molar-refractivity contribution in [1.82, 2.24) is 0 Å². The van der Waals surface area contributed by atoms with E-state index in [0.29, 0.717) is 11.5 Å². The highest BCUT2D eigenvalue weighted by Gasteiger charge is 2.14. The smallest absolute Gasteiger partial charge is 0.244 e. The quantitative estimate of drug-likeness (QED) is 0.592. The predicted octanol–water partition coefficient (Wildman–Crippen LogP) is 1.32. The molecule has 0 aromatic carbocycles. The standard InChI is InChI=1S/C8H15NO/c1-5(2)6(3)7(4)8(9)10/h5-6H,4H2,1-3H3,(H2,9,10). The molecular formula is C8H15NO. The van der Waals surface area contributed by atoms with Crippen LogP contribution in [0.5, 0.6) is 0 Å². The molecule has 0 bridgehead atoms. The zero-order valence-corrected chi connectivity index (χ0v) is 6.85. The number of nitrogens with two attached hydrogens (primary N) is 1. The Labute approximate surface area is 62.1 Å². The van der Waals surface area contributed by atoms with Crippen molar-refractivity contribution < 1.29 is 4.79 Å². The summed E-state index contributed by atoms with van der Waals surface area (Å²) in [6.07, 6.45) is 0. The summed E-state index contributed by atoms with van der Waals surface area (Å²) in [6, 6.07) is 0. The van der Waals surface area contributed by atoms with Crippen LogP contribution in [0, 0.1) is 11.8 Å². The molecule has 0 aromatic rings. The van der Waals surface area contributed by atoms with Crippen LogP contribution < -0.4 is 5.73 Å². The van der Waals surface area contributed by atoms with Crippen molar-refractivity contribution in [1.29, 1.82) is 0 Å². The monoisotopic (exact) mass is 141 g/mol. The molecule has 1 amide bonds. The zero-order chi connectivity index (χ0) is 8.31. The minimum absolute atomic E-state index is 0.192. The SMILES string of the molecule is C=C(C(N)=O)C(C)C(C)C. The minimum atomic E-state index is -0.388. The van der Waals surface area contributed by atoms with Crippen LogP contribution in [0.3, 0.4) is 0 Å². The van der Waals surface area contributed by atoms with Crippen LogP contribution in [0.15, 0.2) is 12.2 Å². The maximum Gasteiger partial charge on any atom is 0.244 e. The summed E-state index contributed by atoms with van der Waals surface area (Å²) in [5.74, 6) is 0.235. The van der Waals surface area contributed by atoms with Gasteiger partial charge in [0.2, 0.25) is 5.91 Å². The van der Waals surface area contributed by atoms with Gasteiger partial charge in [0.25, 0.3) is 0 Å². The molecule has 10 heavy (non-hydrogen) atoms. The average Bonchev–Trinajstić information content (AvgIpc) is 1.84. The molecule has 1 atom stereocenters. The summed E-state index contributed by atoms with van der Waals surface area (Å²) < 4.78 is 0. The van der Waals surface area contributed by atoms with Gasteiger partial charge in [-0.15, -0.1) is 0 Å². The number of rotatable bonds is 3. The molecule has 0 heterocycles. The summed E-state index contributed by atoms with van der Waals surface area (Å²) in [6.45, 7) is 9.64. The predicted molar refractivity (Wildman–Crippen MR) is 42.3 cm³/mol. The van der Waals surface area contributed by atoms with Gasteiger partial charge in [-0.3, -0.25) is 4.79 Å². The van der Waals surface area contributed by atoms with Crippen LogP contribution >= 0.6 is 0 Å². The molecule has 0 rings (SSSR count). The molecule has 0 aliphatic heterocycles. The van der Waals surface area contributed by atoms with E-state index in [4.69, 9.17) is 5.73 Å². The molecule has 58 valence electrons. The van der Waals surface area contributed by atoms with Crippen LogP contribution in [0.2, 0.25) is 0 Å². The number of hydrogen-bond donors (Lipinski definition) is 1. The van der Waals surface area contributed by atoms with Crippen LogP contribution in [-0.2, 0) is 4.79 Å². The molecule has 2 N–H and O–H groups in total. The van der Waals surface area contributed by atoms with Gasteiger partial charge >= 0.3 is 0 Å². The Kier molecular flexibility index (Phi) is 3.13. The van der Waals surface area contributed by atoms with Gasteiger partial charge < -0.3 is 5.73 Å². The first-order valence-corrected chi connectivity index (χ1v) is 3.45. The van der Waals surface area contributed by atoms with Gasteiger partial charge in [0.05, 0.1) is 0 Å². The molecule has 0 saturated carbocycles. The van der Waals surface area contributed by atoms with Crippen molar-refractivity contribution >= 4 is 5.91 Å². The Morgan fingerprint density at radius 1 is 1.40 bits per heavy atom. The van der Waals surface area contributed by atoms with Gasteiger partial charge in [-0.05, 0) is 11.8 Å². The summed E-state index contributed by atoms with van der Waals surface area (Å²) in [5, 5.41) is 0. The molecule has 0 radical (unpaired) electrons. The first-order chi connectivity index (χ1) is 4.46. The lowest BCUT2D eigenvalue weighted by Gasteiger charge is -2.15. The van der Waals surface area contributed by atoms with Crippen LogP contribution in [0.4, 0.5) is 0 Å². The van der Waals surface area contributed by atoms with Crippen molar-refractivity contribution in [2.75, 3.05) is 0 Å². The molecule has 0 aliphatic rings. The van der Waals surface area contributed by atoms with E-state index in [1.807, 2.05) is 20.8 Å². The van der Waals surface area contributed by atoms with Crippen LogP contribution in [-0.4, -0.2) is 5.91 Å². The minimum Gasteiger partial charge on any atom is -0.366 e. The summed E-state index contributed by atoms with van der Waals surface area (Å²) in [5.41, 5.74) is 5.56. The van der Waals surface area contributed by atoms with Crippen molar-refractivity contribution in [3.05, 3.63) is 12.2 Å². The zero-order valence-electron chi connectivity index (χ0n) is 6.85. The first kappa shape index (κ1) is 9.21. The Morgan fingerprint density at radius 2 is 1.80 bits per heavy atom. The normalized spacial score (nSPS) is 13.2. The lowest BCUT2D eigenvalue weighted by atomic mass is 9.91. The molecule has 0 saturated heterocycles. The molecule has 0 spiro atoms. The Hall–Kier alpha value is -0.790. The lowest BCUT2D eigenvalue weighted by Crippen LogP contribution is -2.20. The average molecular weight is 141 g/mol. The largest absolute Gasteiger partial charge is 0.366 e. The van der Waals surface area contributed by atoms with E-state index < -0.39 is 0 Å². The fourth-order valence-corrected chi connectivity index (χ4v) is 0.627. The van der Waals surface area contributed by atoms with Crippen LogP contribution in [0.1, 0.15) is 20.8 Å². The molecular weight excluding hydrogens is 126 g/mol. The van der Waals surface area contributed by atoms with E-state index >= 15 is 0 Å². The van der Waals surface area contributed by atoms with Crippen molar-refractivity contribution in [2.45, 2.75) is 20.8 Å². The Morgan fingerprint density at radius 3 is 1.90 bits per heavy atom. The van der Waals surface area contributed by atoms with E-state index in [1.165, 1.54) is 0 Å². The fourth-order valence-electron chi connectivity index (χ4n) is 0.627. The van der Waals surface area contributed by atoms with Gasteiger partial charge in [0.15, 0.2) is 0 Å². The highest BCUT2D eigenvalue weighted by Crippen LogP contribution is 2.17. The third-order valence-corrected chi connectivity index (χ3v) is 1.87. The Balaban J connectivity index is 4.08. The Bertz CT molecular complexity index is 149. The second-order valence-electron chi connectivity index (χ2n) is 2.92. The number of amides is 1. The van der Waals surface area contributed by atoms with E-state index in [1.54, 1.807) is 0 Å². The van der Waals surface area contributed by atoms with E-state index in [0.717, 1.165) is 0 Å². The molecule has 0 aromatic heterocycles. The maximum atomic E-state index is 10.6. The fraction of sp³-hybridized carbons (Fsp3) is 0.625. The van der Waals surface area contributed by atoms with E-state index in [2.05, 4.69) is 6.58 Å². The van der Waals surface area contributed by atoms with Gasteiger partial charge in [0.1, 0.15) is 0 Å². The molecule has 0 fully saturated rings. The van der Waals surface area contributed by atoms with E-state index in [9.17, 15) is 4.79 Å². The van der Waals surface area contributed by atoms with E-state index in [-0.39, 0.29) is 11.8 Å². The van der Waals surface area contributed by atoms with Crippen molar-refractivity contribution in [2.24, 2.45) is 17.6 Å². The van der Waals surface area contributed by atoms with Crippen molar-refractivity contribution in [3.8, 4) is 0 Å². The molecule has 0 aliphatic carbocycles. The van der Waals surface area contributed by atoms with Crippen molar-refractivity contribution in [3.63, 3.8) is 0 Å². The summed E-state index contributed by atoms with van der Waals surface area (Å²) in [7, 11) is 0. The number of hydrogen-bond acceptors (Lipinski definition) is 1. The summed E-state index contributed by atoms with van der Waals surface area (Å²) >= 11 is 0. The third-order valence-electron chi connectivity index (χ3n) is 1.87. The first-order valence-electron chi connectivity index (χ1n) is 3.45. The van der Waals surface area contributed by atoms with Gasteiger partial charge in [-0.25, -0.2) is 0 Å². The highest BCUT2D eigenvalue weighted by molar-refractivity contribution is 5.91. The number of primary amides is 1. The van der Waals surface area contributed by atoms with Crippen LogP contribution in [0.25, 0.3) is 0 Å². The molecule has 2 heteroatoms. The second kappa shape index (κ2) is 3.40. The van der Waals surface area contributed by atoms with Gasteiger partial charge in [0, 0.05) is 5.57 Å². The third kappa shape index (κ3) is 2.21. The highest BCUT2D eigenvalue weighted by atomic mass is 16.1. The van der Waals surface area contributed by atoms with Gasteiger partial charge in [-0.1, -0.05) is 27.4 Å². The lowest BCUT2D eigenvalue weighted by molar-refractivity contribution is -0.115. The molecule has 2 nitrogen and oxygen atoms in total. The topological polar surface area (TPSA) is 43.1 Å². The number of carbonyl (C=O) groups excluding carboxylic acids is 1. The van der Waals surface area contributed by atoms with Gasteiger partial charge in [-0.2, -0.15) is 0 Å². The number of carbonyl (C=O) groups is 1. The molecule has 1 unspecified atom stereocenters.